The summed E-state index contributed by atoms with van der Waals surface area (Å²) in [6, 6.07) is 5.28. The second-order valence-corrected chi connectivity index (χ2v) is 5.82. The van der Waals surface area contributed by atoms with Crippen LogP contribution >= 0.6 is 23.2 Å². The Bertz CT molecular complexity index is 452. The maximum absolute atomic E-state index is 12.2. The van der Waals surface area contributed by atoms with Crippen LogP contribution in [0.25, 0.3) is 0 Å². The zero-order valence-electron chi connectivity index (χ0n) is 10.2. The van der Waals surface area contributed by atoms with Gasteiger partial charge in [0.05, 0.1) is 5.54 Å². The Balaban J connectivity index is 2.06. The Kier molecular flexibility index (Phi) is 3.85. The molecular weight excluding hydrogens is 271 g/mol. The summed E-state index contributed by atoms with van der Waals surface area (Å²) in [7, 11) is 1.75. The van der Waals surface area contributed by atoms with Gasteiger partial charge in [-0.3, -0.25) is 4.79 Å². The van der Waals surface area contributed by atoms with Crippen molar-refractivity contribution in [2.45, 2.75) is 31.3 Å². The van der Waals surface area contributed by atoms with Crippen LogP contribution in [0.1, 0.15) is 24.8 Å². The van der Waals surface area contributed by atoms with E-state index >= 15 is 0 Å². The highest BCUT2D eigenvalue weighted by Crippen LogP contribution is 2.31. The van der Waals surface area contributed by atoms with E-state index in [1.165, 1.54) is 0 Å². The number of carbonyl (C=O) groups excluding carboxylic acids is 1. The molecule has 1 saturated carbocycles. The van der Waals surface area contributed by atoms with Gasteiger partial charge >= 0.3 is 0 Å². The van der Waals surface area contributed by atoms with Crippen LogP contribution in [-0.2, 0) is 11.3 Å². The van der Waals surface area contributed by atoms with Gasteiger partial charge in [-0.1, -0.05) is 23.2 Å². The molecule has 1 fully saturated rings. The van der Waals surface area contributed by atoms with Crippen LogP contribution in [0.2, 0.25) is 10.0 Å². The van der Waals surface area contributed by atoms with Gasteiger partial charge in [-0.05, 0) is 43.0 Å². The summed E-state index contributed by atoms with van der Waals surface area (Å²) in [6.45, 7) is 0.470. The van der Waals surface area contributed by atoms with Gasteiger partial charge in [0, 0.05) is 23.6 Å². The van der Waals surface area contributed by atoms with E-state index in [2.05, 4.69) is 0 Å². The molecule has 0 radical (unpaired) electrons. The van der Waals surface area contributed by atoms with E-state index in [1.54, 1.807) is 30.1 Å². The lowest BCUT2D eigenvalue weighted by Crippen LogP contribution is -2.58. The van der Waals surface area contributed by atoms with Gasteiger partial charge in [0.15, 0.2) is 0 Å². The minimum atomic E-state index is -0.656. The number of nitrogens with two attached hydrogens (primary N) is 1. The van der Waals surface area contributed by atoms with Crippen molar-refractivity contribution < 1.29 is 4.79 Å². The highest BCUT2D eigenvalue weighted by Gasteiger charge is 2.41. The number of hydrogen-bond acceptors (Lipinski definition) is 2. The number of halogens is 2. The van der Waals surface area contributed by atoms with E-state index in [0.29, 0.717) is 16.6 Å². The fourth-order valence-electron chi connectivity index (χ4n) is 2.20. The van der Waals surface area contributed by atoms with Crippen LogP contribution < -0.4 is 5.73 Å². The summed E-state index contributed by atoms with van der Waals surface area (Å²) in [5.41, 5.74) is 6.27. The van der Waals surface area contributed by atoms with Crippen LogP contribution in [0.15, 0.2) is 18.2 Å². The molecule has 2 rings (SSSR count). The van der Waals surface area contributed by atoms with Crippen molar-refractivity contribution >= 4 is 29.1 Å². The molecule has 1 aliphatic carbocycles. The minimum Gasteiger partial charge on any atom is -0.340 e. The first kappa shape index (κ1) is 13.7. The minimum absolute atomic E-state index is 0.00940. The standard InChI is InChI=1S/C13H16Cl2N2O/c1-17(12(18)13(16)3-2-4-13)8-9-5-10(14)7-11(15)6-9/h5-7H,2-4,8,16H2,1H3. The highest BCUT2D eigenvalue weighted by molar-refractivity contribution is 6.34. The number of likely N-dealkylation sites (N-methyl/N-ethyl adjacent to an activating group) is 1. The van der Waals surface area contributed by atoms with Crippen LogP contribution in [0, 0.1) is 0 Å². The Labute approximate surface area is 117 Å². The molecule has 1 amide bonds. The molecule has 0 spiro atoms. The third kappa shape index (κ3) is 2.79. The van der Waals surface area contributed by atoms with Crippen LogP contribution in [-0.4, -0.2) is 23.4 Å². The summed E-state index contributed by atoms with van der Waals surface area (Å²) in [6.07, 6.45) is 2.57. The second-order valence-electron chi connectivity index (χ2n) is 4.95. The van der Waals surface area contributed by atoms with E-state index < -0.39 is 5.54 Å². The normalized spacial score (nSPS) is 17.1. The first-order valence-electron chi connectivity index (χ1n) is 5.90. The molecule has 0 unspecified atom stereocenters. The molecule has 0 aromatic heterocycles. The van der Waals surface area contributed by atoms with Crippen LogP contribution in [0.5, 0.6) is 0 Å². The molecule has 0 heterocycles. The molecule has 2 N–H and O–H groups in total. The number of nitrogens with zero attached hydrogens (tertiary/aromatic N) is 1. The molecule has 0 saturated heterocycles. The third-order valence-electron chi connectivity index (χ3n) is 3.36. The average Bonchev–Trinajstić information content (AvgIpc) is 2.23. The summed E-state index contributed by atoms with van der Waals surface area (Å²) in [5.74, 6) is -0.00940. The predicted molar refractivity (Wildman–Crippen MR) is 73.7 cm³/mol. The van der Waals surface area contributed by atoms with Gasteiger partial charge in [-0.2, -0.15) is 0 Å². The Morgan fingerprint density at radius 2 is 1.89 bits per heavy atom. The van der Waals surface area contributed by atoms with Gasteiger partial charge in [0.1, 0.15) is 0 Å². The molecule has 1 aromatic carbocycles. The molecule has 0 aliphatic heterocycles. The Morgan fingerprint density at radius 1 is 1.33 bits per heavy atom. The summed E-state index contributed by atoms with van der Waals surface area (Å²) < 4.78 is 0. The van der Waals surface area contributed by atoms with Gasteiger partial charge in [-0.15, -0.1) is 0 Å². The predicted octanol–water partition coefficient (Wildman–Crippen LogP) is 2.83. The molecule has 0 bridgehead atoms. The second kappa shape index (κ2) is 5.08. The van der Waals surface area contributed by atoms with Gasteiger partial charge in [0.2, 0.25) is 5.91 Å². The zero-order chi connectivity index (χ0) is 13.3. The van der Waals surface area contributed by atoms with Crippen molar-refractivity contribution in [2.75, 3.05) is 7.05 Å². The third-order valence-corrected chi connectivity index (χ3v) is 3.80. The van der Waals surface area contributed by atoms with E-state index in [4.69, 9.17) is 28.9 Å². The van der Waals surface area contributed by atoms with E-state index in [-0.39, 0.29) is 5.91 Å². The van der Waals surface area contributed by atoms with E-state index in [1.807, 2.05) is 0 Å². The Morgan fingerprint density at radius 3 is 2.33 bits per heavy atom. The van der Waals surface area contributed by atoms with Gasteiger partial charge in [-0.25, -0.2) is 0 Å². The summed E-state index contributed by atoms with van der Waals surface area (Å²) in [5, 5.41) is 1.15. The van der Waals surface area contributed by atoms with Crippen molar-refractivity contribution in [3.05, 3.63) is 33.8 Å². The lowest BCUT2D eigenvalue weighted by molar-refractivity contribution is -0.139. The average molecular weight is 287 g/mol. The van der Waals surface area contributed by atoms with Gasteiger partial charge in [0.25, 0.3) is 0 Å². The zero-order valence-corrected chi connectivity index (χ0v) is 11.8. The van der Waals surface area contributed by atoms with Crippen LogP contribution in [0.3, 0.4) is 0 Å². The van der Waals surface area contributed by atoms with Crippen molar-refractivity contribution in [2.24, 2.45) is 5.73 Å². The molecule has 3 nitrogen and oxygen atoms in total. The number of rotatable bonds is 3. The van der Waals surface area contributed by atoms with Crippen molar-refractivity contribution in [1.82, 2.24) is 4.90 Å². The number of amides is 1. The monoisotopic (exact) mass is 286 g/mol. The smallest absolute Gasteiger partial charge is 0.242 e. The highest BCUT2D eigenvalue weighted by atomic mass is 35.5. The van der Waals surface area contributed by atoms with Crippen molar-refractivity contribution in [3.63, 3.8) is 0 Å². The fraction of sp³-hybridized carbons (Fsp3) is 0.462. The van der Waals surface area contributed by atoms with Crippen LogP contribution in [0.4, 0.5) is 0 Å². The fourth-order valence-corrected chi connectivity index (χ4v) is 2.77. The number of carbonyl (C=O) groups is 1. The Hall–Kier alpha value is -0.770. The first-order chi connectivity index (χ1) is 8.40. The quantitative estimate of drug-likeness (QED) is 0.929. The molecule has 1 aromatic rings. The molecule has 5 heteroatoms. The number of hydrogen-bond donors (Lipinski definition) is 1. The molecular formula is C13H16Cl2N2O. The molecule has 98 valence electrons. The van der Waals surface area contributed by atoms with Crippen molar-refractivity contribution in [3.8, 4) is 0 Å². The lowest BCUT2D eigenvalue weighted by Gasteiger charge is -2.39. The summed E-state index contributed by atoms with van der Waals surface area (Å²) >= 11 is 11.9. The number of benzene rings is 1. The first-order valence-corrected chi connectivity index (χ1v) is 6.66. The van der Waals surface area contributed by atoms with E-state index in [9.17, 15) is 4.79 Å². The molecule has 0 atom stereocenters. The maximum atomic E-state index is 12.2. The molecule has 1 aliphatic rings. The van der Waals surface area contributed by atoms with E-state index in [0.717, 1.165) is 24.8 Å². The maximum Gasteiger partial charge on any atom is 0.242 e. The topological polar surface area (TPSA) is 46.3 Å². The summed E-state index contributed by atoms with van der Waals surface area (Å²) in [4.78, 5) is 13.8. The SMILES string of the molecule is CN(Cc1cc(Cl)cc(Cl)c1)C(=O)C1(N)CCC1. The van der Waals surface area contributed by atoms with Crippen molar-refractivity contribution in [1.29, 1.82) is 0 Å². The largest absolute Gasteiger partial charge is 0.340 e. The molecule has 18 heavy (non-hydrogen) atoms. The van der Waals surface area contributed by atoms with Gasteiger partial charge < -0.3 is 10.6 Å². The lowest BCUT2D eigenvalue weighted by atomic mass is 9.76.